The van der Waals surface area contributed by atoms with Crippen molar-refractivity contribution in [2.24, 2.45) is 0 Å². The summed E-state index contributed by atoms with van der Waals surface area (Å²) in [6.07, 6.45) is 3.16. The molecule has 0 aliphatic heterocycles. The molecule has 9 nitrogen and oxygen atoms in total. The third-order valence-corrected chi connectivity index (χ3v) is 7.05. The molecular formula is C26H26N8OS. The van der Waals surface area contributed by atoms with E-state index in [1.54, 1.807) is 20.4 Å². The number of amides is 1. The molecule has 0 bridgehead atoms. The lowest BCUT2D eigenvalue weighted by molar-refractivity contribution is 0.0742. The van der Waals surface area contributed by atoms with Crippen LogP contribution < -0.4 is 0 Å². The molecule has 0 spiro atoms. The first kappa shape index (κ1) is 23.7. The molecule has 0 aliphatic carbocycles. The maximum atomic E-state index is 13.5. The zero-order chi connectivity index (χ0) is 25.2. The molecule has 5 aromatic rings. The minimum atomic E-state index is -0.111. The molecule has 0 saturated heterocycles. The fourth-order valence-corrected chi connectivity index (χ4v) is 4.86. The molecule has 10 heteroatoms. The Labute approximate surface area is 213 Å². The Morgan fingerprint density at radius 1 is 1.08 bits per heavy atom. The topological polar surface area (TPSA) is 94.1 Å². The molecule has 3 heterocycles. The van der Waals surface area contributed by atoms with Crippen LogP contribution in [0.15, 0.2) is 72.4 Å². The van der Waals surface area contributed by atoms with E-state index in [-0.39, 0.29) is 11.9 Å². The van der Waals surface area contributed by atoms with E-state index >= 15 is 0 Å². The lowest BCUT2D eigenvalue weighted by atomic mass is 10.0. The Hall–Kier alpha value is -4.05. The van der Waals surface area contributed by atoms with E-state index in [0.29, 0.717) is 22.3 Å². The molecule has 1 amide bonds. The van der Waals surface area contributed by atoms with Gasteiger partial charge in [-0.25, -0.2) is 19.2 Å². The zero-order valence-electron chi connectivity index (χ0n) is 20.5. The molecule has 1 atom stereocenters. The van der Waals surface area contributed by atoms with E-state index in [1.807, 2.05) is 82.4 Å². The summed E-state index contributed by atoms with van der Waals surface area (Å²) in [5.41, 5.74) is 5.46. The number of benzene rings is 2. The maximum absolute atomic E-state index is 13.5. The van der Waals surface area contributed by atoms with Gasteiger partial charge in [-0.3, -0.25) is 4.79 Å². The van der Waals surface area contributed by atoms with Crippen LogP contribution in [0.2, 0.25) is 0 Å². The lowest BCUT2D eigenvalue weighted by Crippen LogP contribution is -2.30. The van der Waals surface area contributed by atoms with Crippen LogP contribution in [0.25, 0.3) is 11.5 Å². The Balaban J connectivity index is 1.31. The molecular weight excluding hydrogens is 472 g/mol. The van der Waals surface area contributed by atoms with Crippen LogP contribution in [-0.2, 0) is 5.75 Å². The predicted octanol–water partition coefficient (Wildman–Crippen LogP) is 4.45. The van der Waals surface area contributed by atoms with Crippen molar-refractivity contribution in [3.8, 4) is 5.69 Å². The van der Waals surface area contributed by atoms with Crippen molar-refractivity contribution in [1.29, 1.82) is 0 Å². The number of carbonyl (C=O) groups excluding carboxylic acids is 1. The first-order valence-electron chi connectivity index (χ1n) is 11.5. The van der Waals surface area contributed by atoms with Crippen LogP contribution in [0.1, 0.15) is 45.8 Å². The molecule has 0 aliphatic rings. The van der Waals surface area contributed by atoms with Crippen molar-refractivity contribution >= 4 is 23.4 Å². The van der Waals surface area contributed by atoms with Gasteiger partial charge in [-0.2, -0.15) is 10.1 Å². The first-order valence-corrected chi connectivity index (χ1v) is 12.5. The Kier molecular flexibility index (Phi) is 6.51. The Morgan fingerprint density at radius 3 is 2.61 bits per heavy atom. The summed E-state index contributed by atoms with van der Waals surface area (Å²) >= 11 is 1.49. The minimum absolute atomic E-state index is 0.0323. The number of carbonyl (C=O) groups is 1. The molecule has 3 aromatic heterocycles. The quantitative estimate of drug-likeness (QED) is 0.306. The third-order valence-electron chi connectivity index (χ3n) is 6.16. The molecule has 1 unspecified atom stereocenters. The molecule has 2 aromatic carbocycles. The van der Waals surface area contributed by atoms with Crippen molar-refractivity contribution in [1.82, 2.24) is 39.2 Å². The van der Waals surface area contributed by atoms with Gasteiger partial charge in [0.15, 0.2) is 0 Å². The van der Waals surface area contributed by atoms with E-state index < -0.39 is 0 Å². The highest BCUT2D eigenvalue weighted by Gasteiger charge is 2.21. The zero-order valence-corrected chi connectivity index (χ0v) is 21.3. The molecule has 0 N–H and O–H groups in total. The number of hydrogen-bond donors (Lipinski definition) is 0. The van der Waals surface area contributed by atoms with Crippen molar-refractivity contribution in [2.75, 3.05) is 7.05 Å². The van der Waals surface area contributed by atoms with Crippen molar-refractivity contribution in [3.05, 3.63) is 95.3 Å². The van der Waals surface area contributed by atoms with Gasteiger partial charge in [0.05, 0.1) is 11.7 Å². The number of hydrogen-bond acceptors (Lipinski definition) is 7. The van der Waals surface area contributed by atoms with Crippen molar-refractivity contribution in [2.45, 2.75) is 37.7 Å². The van der Waals surface area contributed by atoms with Crippen LogP contribution in [0.4, 0.5) is 0 Å². The summed E-state index contributed by atoms with van der Waals surface area (Å²) in [5, 5.41) is 9.36. The molecule has 0 fully saturated rings. The van der Waals surface area contributed by atoms with Gasteiger partial charge < -0.3 is 4.90 Å². The number of aromatic nitrogens is 7. The summed E-state index contributed by atoms with van der Waals surface area (Å²) in [7, 11) is 1.84. The highest BCUT2D eigenvalue weighted by atomic mass is 32.2. The summed E-state index contributed by atoms with van der Waals surface area (Å²) < 4.78 is 3.45. The largest absolute Gasteiger partial charge is 0.335 e. The third kappa shape index (κ3) is 4.72. The summed E-state index contributed by atoms with van der Waals surface area (Å²) in [5.74, 6) is 1.13. The second kappa shape index (κ2) is 9.90. The number of nitrogens with zero attached hydrogens (tertiary/aromatic N) is 8. The van der Waals surface area contributed by atoms with Crippen LogP contribution in [0.3, 0.4) is 0 Å². The first-order chi connectivity index (χ1) is 17.4. The summed E-state index contributed by atoms with van der Waals surface area (Å²) in [6, 6.07) is 17.5. The highest BCUT2D eigenvalue weighted by molar-refractivity contribution is 7.98. The number of aryl methyl sites for hydroxylation is 2. The average Bonchev–Trinajstić information content (AvgIpc) is 3.57. The molecule has 5 rings (SSSR count). The predicted molar refractivity (Wildman–Crippen MR) is 138 cm³/mol. The summed E-state index contributed by atoms with van der Waals surface area (Å²) in [4.78, 5) is 28.3. The van der Waals surface area contributed by atoms with Crippen molar-refractivity contribution in [3.63, 3.8) is 0 Å². The van der Waals surface area contributed by atoms with Gasteiger partial charge in [0.2, 0.25) is 5.16 Å². The Bertz CT molecular complexity index is 1510. The van der Waals surface area contributed by atoms with Crippen LogP contribution in [0, 0.1) is 13.8 Å². The van der Waals surface area contributed by atoms with Gasteiger partial charge >= 0.3 is 0 Å². The number of thioether (sulfide) groups is 1. The minimum Gasteiger partial charge on any atom is -0.335 e. The SMILES string of the molecule is Cc1cc(C)n2nc(SCc3ccccc3C(=O)N(C)C(C)c3ccc(-n4cncn4)cc3)nc2n1. The van der Waals surface area contributed by atoms with Gasteiger partial charge in [0.1, 0.15) is 12.7 Å². The van der Waals surface area contributed by atoms with Gasteiger partial charge in [-0.1, -0.05) is 42.1 Å². The average molecular weight is 499 g/mol. The number of fused-ring (bicyclic) bond motifs is 1. The smallest absolute Gasteiger partial charge is 0.254 e. The fraction of sp³-hybridized carbons (Fsp3) is 0.231. The second-order valence-corrected chi connectivity index (χ2v) is 9.56. The van der Waals surface area contributed by atoms with E-state index in [2.05, 4.69) is 25.1 Å². The normalized spacial score (nSPS) is 12.1. The van der Waals surface area contributed by atoms with Gasteiger partial charge in [0.25, 0.3) is 11.7 Å². The molecule has 182 valence electrons. The van der Waals surface area contributed by atoms with E-state index in [9.17, 15) is 4.79 Å². The van der Waals surface area contributed by atoms with Gasteiger partial charge in [-0.05, 0) is 56.2 Å². The van der Waals surface area contributed by atoms with Crippen LogP contribution >= 0.6 is 11.8 Å². The number of rotatable bonds is 7. The standard InChI is InChI=1S/C26H26N8OS/c1-17-13-18(2)34-25(29-17)30-26(31-34)36-14-21-7-5-6-8-23(21)24(35)32(4)19(3)20-9-11-22(12-10-20)33-16-27-15-28-33/h5-13,15-16,19H,14H2,1-4H3. The monoisotopic (exact) mass is 498 g/mol. The van der Waals surface area contributed by atoms with Crippen LogP contribution in [-0.4, -0.2) is 52.2 Å². The van der Waals surface area contributed by atoms with E-state index in [4.69, 9.17) is 0 Å². The van der Waals surface area contributed by atoms with Gasteiger partial charge in [0, 0.05) is 29.8 Å². The van der Waals surface area contributed by atoms with Crippen LogP contribution in [0.5, 0.6) is 0 Å². The van der Waals surface area contributed by atoms with Crippen molar-refractivity contribution < 1.29 is 4.79 Å². The van der Waals surface area contributed by atoms with E-state index in [1.165, 1.54) is 18.1 Å². The summed E-state index contributed by atoms with van der Waals surface area (Å²) in [6.45, 7) is 5.95. The molecule has 0 saturated carbocycles. The lowest BCUT2D eigenvalue weighted by Gasteiger charge is -2.26. The maximum Gasteiger partial charge on any atom is 0.254 e. The fourth-order valence-electron chi connectivity index (χ4n) is 4.04. The van der Waals surface area contributed by atoms with Gasteiger partial charge in [-0.15, -0.1) is 5.10 Å². The van der Waals surface area contributed by atoms with E-state index in [0.717, 1.165) is 28.2 Å². The molecule has 0 radical (unpaired) electrons. The Morgan fingerprint density at radius 2 is 1.86 bits per heavy atom. The second-order valence-electron chi connectivity index (χ2n) is 8.61. The highest BCUT2D eigenvalue weighted by Crippen LogP contribution is 2.26. The molecule has 36 heavy (non-hydrogen) atoms.